The number of nitrogens with two attached hydrogens (primary N) is 1. The molecule has 0 aliphatic carbocycles. The number of carbonyl (C=O) groups is 1. The number of carbonyl (C=O) groups excluding carboxylic acids is 1. The summed E-state index contributed by atoms with van der Waals surface area (Å²) in [4.78, 5) is 20.3. The molecule has 0 radical (unpaired) electrons. The number of allylic oxidation sites excluding steroid dienone is 1. The molecule has 0 saturated heterocycles. The average Bonchev–Trinajstić information content (AvgIpc) is 2.84. The highest BCUT2D eigenvalue weighted by Crippen LogP contribution is 2.25. The summed E-state index contributed by atoms with van der Waals surface area (Å²) in [7, 11) is 1.62. The summed E-state index contributed by atoms with van der Waals surface area (Å²) in [5.74, 6) is 0.719. The minimum atomic E-state index is -0.693. The van der Waals surface area contributed by atoms with E-state index in [1.807, 2.05) is 24.3 Å². The van der Waals surface area contributed by atoms with Crippen molar-refractivity contribution in [2.24, 2.45) is 5.73 Å². The van der Waals surface area contributed by atoms with E-state index in [1.165, 1.54) is 12.5 Å². The van der Waals surface area contributed by atoms with Crippen LogP contribution in [0.1, 0.15) is 23.7 Å². The van der Waals surface area contributed by atoms with Crippen LogP contribution in [0.5, 0.6) is 11.5 Å². The minimum absolute atomic E-state index is 0.00939. The Hall–Kier alpha value is -4.20. The lowest BCUT2D eigenvalue weighted by Gasteiger charge is -2.14. The molecule has 0 atom stereocenters. The van der Waals surface area contributed by atoms with Gasteiger partial charge in [0.1, 0.15) is 30.1 Å². The van der Waals surface area contributed by atoms with Gasteiger partial charge in [-0.15, -0.1) is 0 Å². The quantitative estimate of drug-likeness (QED) is 0.302. The first-order valence-corrected chi connectivity index (χ1v) is 9.91. The van der Waals surface area contributed by atoms with Crippen molar-refractivity contribution in [2.45, 2.75) is 13.5 Å². The van der Waals surface area contributed by atoms with E-state index in [-0.39, 0.29) is 23.6 Å². The molecule has 32 heavy (non-hydrogen) atoms. The Labute approximate surface area is 186 Å². The van der Waals surface area contributed by atoms with Crippen molar-refractivity contribution in [3.05, 3.63) is 89.6 Å². The van der Waals surface area contributed by atoms with Crippen LogP contribution in [0.15, 0.2) is 72.8 Å². The lowest BCUT2D eigenvalue weighted by Crippen LogP contribution is -2.20. The number of ether oxygens (including phenoxy) is 3. The molecule has 0 saturated carbocycles. The zero-order chi connectivity index (χ0) is 22.9. The van der Waals surface area contributed by atoms with Crippen LogP contribution in [0.4, 0.5) is 0 Å². The maximum absolute atomic E-state index is 12.3. The maximum Gasteiger partial charge on any atom is 0.354 e. The Morgan fingerprint density at radius 1 is 1.03 bits per heavy atom. The van der Waals surface area contributed by atoms with E-state index in [0.29, 0.717) is 23.6 Å². The number of methoxy groups -OCH3 is 1. The molecule has 0 fully saturated rings. The van der Waals surface area contributed by atoms with E-state index in [2.05, 4.69) is 9.97 Å². The summed E-state index contributed by atoms with van der Waals surface area (Å²) in [6, 6.07) is 16.2. The number of nitrogens with zero attached hydrogens (tertiary/aromatic N) is 2. The highest BCUT2D eigenvalue weighted by atomic mass is 16.5. The standard InChI is InChI=1S/C24H24N4O4/c1-3-31-24(29)23(26)21(22(25)20-12-13-27-15-28-20)17-6-10-19(11-7-17)32-14-16-4-8-18(30-2)9-5-16/h4-13,15,25H,3,14,26H2,1-2H3/b23-21-,25-22?. The first-order chi connectivity index (χ1) is 15.5. The summed E-state index contributed by atoms with van der Waals surface area (Å²) in [5.41, 5.74) is 8.04. The average molecular weight is 432 g/mol. The molecule has 1 heterocycles. The third kappa shape index (κ3) is 5.48. The Balaban J connectivity index is 1.84. The molecular formula is C24H24N4O4. The van der Waals surface area contributed by atoms with Gasteiger partial charge in [-0.2, -0.15) is 0 Å². The maximum atomic E-state index is 12.3. The number of aromatic nitrogens is 2. The van der Waals surface area contributed by atoms with Crippen molar-refractivity contribution < 1.29 is 19.0 Å². The summed E-state index contributed by atoms with van der Waals surface area (Å²) in [5, 5.41) is 8.58. The van der Waals surface area contributed by atoms with Crippen LogP contribution in [0.25, 0.3) is 5.57 Å². The molecule has 0 bridgehead atoms. The van der Waals surface area contributed by atoms with Crippen LogP contribution in [0.2, 0.25) is 0 Å². The first kappa shape index (κ1) is 22.5. The Morgan fingerprint density at radius 3 is 2.31 bits per heavy atom. The second-order valence-corrected chi connectivity index (χ2v) is 6.64. The summed E-state index contributed by atoms with van der Waals surface area (Å²) >= 11 is 0. The zero-order valence-electron chi connectivity index (χ0n) is 17.9. The van der Waals surface area contributed by atoms with Gasteiger partial charge in [0.2, 0.25) is 0 Å². The van der Waals surface area contributed by atoms with Gasteiger partial charge in [-0.25, -0.2) is 14.8 Å². The number of benzene rings is 2. The number of hydrogen-bond donors (Lipinski definition) is 2. The second kappa shape index (κ2) is 10.7. The molecule has 164 valence electrons. The molecule has 0 unspecified atom stereocenters. The number of nitrogens with one attached hydrogen (secondary N) is 1. The van der Waals surface area contributed by atoms with Gasteiger partial charge < -0.3 is 19.9 Å². The third-order valence-electron chi connectivity index (χ3n) is 4.56. The van der Waals surface area contributed by atoms with Gasteiger partial charge in [-0.3, -0.25) is 5.41 Å². The molecule has 2 aromatic carbocycles. The lowest BCUT2D eigenvalue weighted by atomic mass is 9.96. The Bertz CT molecular complexity index is 1100. The van der Waals surface area contributed by atoms with Crippen molar-refractivity contribution in [2.75, 3.05) is 13.7 Å². The van der Waals surface area contributed by atoms with Crippen molar-refractivity contribution in [3.8, 4) is 11.5 Å². The van der Waals surface area contributed by atoms with Gasteiger partial charge in [-0.1, -0.05) is 24.3 Å². The molecule has 8 heteroatoms. The fourth-order valence-corrected chi connectivity index (χ4v) is 2.92. The molecule has 3 aromatic rings. The Morgan fingerprint density at radius 2 is 1.72 bits per heavy atom. The molecule has 1 aromatic heterocycles. The highest BCUT2D eigenvalue weighted by Gasteiger charge is 2.21. The summed E-state index contributed by atoms with van der Waals surface area (Å²) in [6.07, 6.45) is 2.85. The van der Waals surface area contributed by atoms with E-state index in [4.69, 9.17) is 25.4 Å². The highest BCUT2D eigenvalue weighted by molar-refractivity contribution is 6.33. The summed E-state index contributed by atoms with van der Waals surface area (Å²) < 4.78 is 16.0. The van der Waals surface area contributed by atoms with Gasteiger partial charge in [0, 0.05) is 11.8 Å². The molecule has 3 N–H and O–H groups in total. The van der Waals surface area contributed by atoms with Gasteiger partial charge in [0.05, 0.1) is 25.1 Å². The largest absolute Gasteiger partial charge is 0.497 e. The smallest absolute Gasteiger partial charge is 0.354 e. The van der Waals surface area contributed by atoms with Crippen molar-refractivity contribution in [1.29, 1.82) is 5.41 Å². The van der Waals surface area contributed by atoms with E-state index in [0.717, 1.165) is 11.3 Å². The fraction of sp³-hybridized carbons (Fsp3) is 0.167. The molecule has 0 aliphatic rings. The number of hydrogen-bond acceptors (Lipinski definition) is 8. The summed E-state index contributed by atoms with van der Waals surface area (Å²) in [6.45, 7) is 2.25. The molecule has 0 aliphatic heterocycles. The van der Waals surface area contributed by atoms with Gasteiger partial charge in [-0.05, 0) is 48.4 Å². The molecule has 0 amide bonds. The van der Waals surface area contributed by atoms with Gasteiger partial charge in [0.15, 0.2) is 0 Å². The zero-order valence-corrected chi connectivity index (χ0v) is 17.9. The van der Waals surface area contributed by atoms with Crippen LogP contribution in [0.3, 0.4) is 0 Å². The number of rotatable bonds is 9. The second-order valence-electron chi connectivity index (χ2n) is 6.64. The molecule has 0 spiro atoms. The van der Waals surface area contributed by atoms with Crippen LogP contribution in [-0.4, -0.2) is 35.4 Å². The third-order valence-corrected chi connectivity index (χ3v) is 4.56. The van der Waals surface area contributed by atoms with E-state index in [1.54, 1.807) is 44.4 Å². The monoisotopic (exact) mass is 432 g/mol. The molecule has 3 rings (SSSR count). The van der Waals surface area contributed by atoms with Crippen molar-refractivity contribution in [1.82, 2.24) is 9.97 Å². The SMILES string of the molecule is CCOC(=O)/C(N)=C(/C(=N)c1ccncn1)c1ccc(OCc2ccc(OC)cc2)cc1. The topological polar surface area (TPSA) is 120 Å². The Kier molecular flexibility index (Phi) is 7.53. The van der Waals surface area contributed by atoms with E-state index >= 15 is 0 Å². The molecular weight excluding hydrogens is 408 g/mol. The van der Waals surface area contributed by atoms with Crippen LogP contribution >= 0.6 is 0 Å². The predicted molar refractivity (Wildman–Crippen MR) is 120 cm³/mol. The first-order valence-electron chi connectivity index (χ1n) is 9.91. The predicted octanol–water partition coefficient (Wildman–Crippen LogP) is 3.37. The normalized spacial score (nSPS) is 11.3. The van der Waals surface area contributed by atoms with Crippen molar-refractivity contribution in [3.63, 3.8) is 0 Å². The van der Waals surface area contributed by atoms with Gasteiger partial charge in [0.25, 0.3) is 0 Å². The van der Waals surface area contributed by atoms with E-state index < -0.39 is 5.97 Å². The fourth-order valence-electron chi connectivity index (χ4n) is 2.92. The van der Waals surface area contributed by atoms with Gasteiger partial charge >= 0.3 is 5.97 Å². The van der Waals surface area contributed by atoms with Crippen LogP contribution in [-0.2, 0) is 16.1 Å². The van der Waals surface area contributed by atoms with Crippen LogP contribution < -0.4 is 15.2 Å². The molecule has 8 nitrogen and oxygen atoms in total. The lowest BCUT2D eigenvalue weighted by molar-refractivity contribution is -0.138. The van der Waals surface area contributed by atoms with Crippen molar-refractivity contribution >= 4 is 17.3 Å². The minimum Gasteiger partial charge on any atom is -0.497 e. The van der Waals surface area contributed by atoms with Crippen LogP contribution in [0, 0.1) is 5.41 Å². The number of esters is 1. The van der Waals surface area contributed by atoms with E-state index in [9.17, 15) is 4.79 Å².